The molecule has 0 unspecified atom stereocenters. The van der Waals surface area contributed by atoms with Crippen molar-refractivity contribution in [2.24, 2.45) is 0 Å². The fourth-order valence-electron chi connectivity index (χ4n) is 3.96. The third-order valence-corrected chi connectivity index (χ3v) is 5.63. The SMILES string of the molecule is CNc1ncccc1CN1CCc2nc(N)c(C(=O)NCc3cccc(OC)c3)cc2C1. The Hall–Kier alpha value is -3.65. The topological polar surface area (TPSA) is 105 Å². The number of benzene rings is 1. The van der Waals surface area contributed by atoms with Crippen LogP contribution in [0.15, 0.2) is 48.7 Å². The molecule has 8 heteroatoms. The van der Waals surface area contributed by atoms with Gasteiger partial charge >= 0.3 is 0 Å². The number of hydrogen-bond donors (Lipinski definition) is 3. The number of carbonyl (C=O) groups excluding carboxylic acids is 1. The minimum Gasteiger partial charge on any atom is -0.497 e. The van der Waals surface area contributed by atoms with E-state index in [2.05, 4.69) is 31.6 Å². The number of methoxy groups -OCH3 is 1. The van der Waals surface area contributed by atoms with Crippen LogP contribution in [0.1, 0.15) is 32.7 Å². The maximum atomic E-state index is 12.8. The molecular formula is C24H28N6O2. The summed E-state index contributed by atoms with van der Waals surface area (Å²) in [6.07, 6.45) is 2.57. The molecule has 0 bridgehead atoms. The summed E-state index contributed by atoms with van der Waals surface area (Å²) in [6.45, 7) is 2.73. The summed E-state index contributed by atoms with van der Waals surface area (Å²) in [4.78, 5) is 24.1. The van der Waals surface area contributed by atoms with Crippen LogP contribution in [0.4, 0.5) is 11.6 Å². The van der Waals surface area contributed by atoms with Crippen molar-refractivity contribution >= 4 is 17.5 Å². The quantitative estimate of drug-likeness (QED) is 0.527. The molecule has 32 heavy (non-hydrogen) atoms. The Labute approximate surface area is 187 Å². The third-order valence-electron chi connectivity index (χ3n) is 5.63. The lowest BCUT2D eigenvalue weighted by Crippen LogP contribution is -2.32. The van der Waals surface area contributed by atoms with Crippen LogP contribution >= 0.6 is 0 Å². The zero-order valence-electron chi connectivity index (χ0n) is 18.4. The summed E-state index contributed by atoms with van der Waals surface area (Å²) in [7, 11) is 3.49. The van der Waals surface area contributed by atoms with E-state index in [0.717, 1.165) is 53.5 Å². The second kappa shape index (κ2) is 9.65. The lowest BCUT2D eigenvalue weighted by atomic mass is 10.0. The summed E-state index contributed by atoms with van der Waals surface area (Å²) >= 11 is 0. The number of nitrogens with two attached hydrogens (primary N) is 1. The van der Waals surface area contributed by atoms with Crippen molar-refractivity contribution in [2.75, 3.05) is 31.8 Å². The average Bonchev–Trinajstić information content (AvgIpc) is 2.82. The van der Waals surface area contributed by atoms with Crippen LogP contribution in [0.2, 0.25) is 0 Å². The fraction of sp³-hybridized carbons (Fsp3) is 0.292. The number of hydrogen-bond acceptors (Lipinski definition) is 7. The number of pyridine rings is 2. The smallest absolute Gasteiger partial charge is 0.255 e. The molecule has 1 aliphatic heterocycles. The molecule has 1 aromatic carbocycles. The van der Waals surface area contributed by atoms with Crippen molar-refractivity contribution in [3.63, 3.8) is 0 Å². The first-order valence-electron chi connectivity index (χ1n) is 10.6. The van der Waals surface area contributed by atoms with Gasteiger partial charge in [-0.2, -0.15) is 0 Å². The van der Waals surface area contributed by atoms with Crippen LogP contribution in [-0.4, -0.2) is 41.5 Å². The van der Waals surface area contributed by atoms with E-state index in [-0.39, 0.29) is 11.7 Å². The van der Waals surface area contributed by atoms with Gasteiger partial charge < -0.3 is 21.1 Å². The highest BCUT2D eigenvalue weighted by atomic mass is 16.5. The molecule has 3 aromatic rings. The monoisotopic (exact) mass is 432 g/mol. The Balaban J connectivity index is 1.46. The first-order valence-corrected chi connectivity index (χ1v) is 10.6. The van der Waals surface area contributed by atoms with Gasteiger partial charge in [-0.25, -0.2) is 9.97 Å². The first kappa shape index (κ1) is 21.6. The number of nitrogens with zero attached hydrogens (tertiary/aromatic N) is 3. The molecule has 4 N–H and O–H groups in total. The number of aromatic nitrogens is 2. The molecule has 2 aromatic heterocycles. The summed E-state index contributed by atoms with van der Waals surface area (Å²) in [5.74, 6) is 1.67. The van der Waals surface area contributed by atoms with Gasteiger partial charge in [0.1, 0.15) is 17.4 Å². The van der Waals surface area contributed by atoms with Crippen molar-refractivity contribution in [3.05, 3.63) is 76.6 Å². The van der Waals surface area contributed by atoms with E-state index in [0.29, 0.717) is 18.7 Å². The zero-order valence-corrected chi connectivity index (χ0v) is 18.4. The zero-order chi connectivity index (χ0) is 22.5. The van der Waals surface area contributed by atoms with Gasteiger partial charge in [0, 0.05) is 57.1 Å². The number of fused-ring (bicyclic) bond motifs is 1. The normalized spacial score (nSPS) is 13.3. The number of carbonyl (C=O) groups is 1. The van der Waals surface area contributed by atoms with E-state index in [4.69, 9.17) is 10.5 Å². The molecule has 0 aliphatic carbocycles. The Morgan fingerprint density at radius 1 is 1.25 bits per heavy atom. The second-order valence-electron chi connectivity index (χ2n) is 7.78. The molecule has 3 heterocycles. The van der Waals surface area contributed by atoms with Crippen molar-refractivity contribution in [1.29, 1.82) is 0 Å². The molecule has 0 fully saturated rings. The molecule has 8 nitrogen and oxygen atoms in total. The van der Waals surface area contributed by atoms with Crippen molar-refractivity contribution in [2.45, 2.75) is 26.1 Å². The third kappa shape index (κ3) is 4.81. The minimum atomic E-state index is -0.234. The number of rotatable bonds is 7. The molecule has 166 valence electrons. The van der Waals surface area contributed by atoms with Gasteiger partial charge in [0.25, 0.3) is 5.91 Å². The molecule has 0 radical (unpaired) electrons. The van der Waals surface area contributed by atoms with Crippen LogP contribution in [0.5, 0.6) is 5.75 Å². The van der Waals surface area contributed by atoms with Crippen molar-refractivity contribution < 1.29 is 9.53 Å². The van der Waals surface area contributed by atoms with Gasteiger partial charge in [-0.05, 0) is 35.4 Å². The number of anilines is 2. The largest absolute Gasteiger partial charge is 0.497 e. The predicted molar refractivity (Wildman–Crippen MR) is 124 cm³/mol. The van der Waals surface area contributed by atoms with E-state index in [1.807, 2.05) is 43.4 Å². The molecule has 4 rings (SSSR count). The molecular weight excluding hydrogens is 404 g/mol. The van der Waals surface area contributed by atoms with Crippen LogP contribution < -0.4 is 21.1 Å². The van der Waals surface area contributed by atoms with E-state index in [9.17, 15) is 4.79 Å². The summed E-state index contributed by atoms with van der Waals surface area (Å²) < 4.78 is 5.24. The van der Waals surface area contributed by atoms with E-state index in [1.165, 1.54) is 0 Å². The Kier molecular flexibility index (Phi) is 6.51. The molecule has 0 spiro atoms. The van der Waals surface area contributed by atoms with Crippen molar-refractivity contribution in [3.8, 4) is 5.75 Å². The Bertz CT molecular complexity index is 1120. The highest BCUT2D eigenvalue weighted by Crippen LogP contribution is 2.24. The van der Waals surface area contributed by atoms with Gasteiger partial charge in [-0.1, -0.05) is 18.2 Å². The predicted octanol–water partition coefficient (Wildman–Crippen LogP) is 2.60. The second-order valence-corrected chi connectivity index (χ2v) is 7.78. The van der Waals surface area contributed by atoms with Gasteiger partial charge in [-0.15, -0.1) is 0 Å². The Morgan fingerprint density at radius 3 is 2.94 bits per heavy atom. The number of nitrogen functional groups attached to an aromatic ring is 1. The summed E-state index contributed by atoms with van der Waals surface area (Å²) in [5, 5.41) is 6.08. The average molecular weight is 433 g/mol. The van der Waals surface area contributed by atoms with E-state index in [1.54, 1.807) is 13.3 Å². The lowest BCUT2D eigenvalue weighted by Gasteiger charge is -2.29. The first-order chi connectivity index (χ1) is 15.6. The van der Waals surface area contributed by atoms with Gasteiger partial charge in [-0.3, -0.25) is 9.69 Å². The minimum absolute atomic E-state index is 0.234. The fourth-order valence-corrected chi connectivity index (χ4v) is 3.96. The van der Waals surface area contributed by atoms with E-state index < -0.39 is 0 Å². The van der Waals surface area contributed by atoms with Gasteiger partial charge in [0.2, 0.25) is 0 Å². The summed E-state index contributed by atoms with van der Waals surface area (Å²) in [6, 6.07) is 13.5. The number of ether oxygens (including phenoxy) is 1. The lowest BCUT2D eigenvalue weighted by molar-refractivity contribution is 0.0951. The highest BCUT2D eigenvalue weighted by molar-refractivity contribution is 5.98. The van der Waals surface area contributed by atoms with Gasteiger partial charge in [0.15, 0.2) is 0 Å². The number of nitrogens with one attached hydrogen (secondary N) is 2. The van der Waals surface area contributed by atoms with Crippen molar-refractivity contribution in [1.82, 2.24) is 20.2 Å². The molecule has 0 atom stereocenters. The maximum absolute atomic E-state index is 12.8. The molecule has 0 saturated heterocycles. The number of amides is 1. The maximum Gasteiger partial charge on any atom is 0.255 e. The molecule has 0 saturated carbocycles. The van der Waals surface area contributed by atoms with Gasteiger partial charge in [0.05, 0.1) is 12.7 Å². The Morgan fingerprint density at radius 2 is 2.12 bits per heavy atom. The van der Waals surface area contributed by atoms with Crippen LogP contribution in [0, 0.1) is 0 Å². The standard InChI is InChI=1S/C24H28N6O2/c1-26-23-17(6-4-9-27-23)14-30-10-8-21-18(15-30)12-20(22(25)29-21)24(31)28-13-16-5-3-7-19(11-16)32-2/h3-7,9,11-12H,8,10,13-15H2,1-2H3,(H2,25,29)(H,26,27)(H,28,31). The molecule has 1 aliphatic rings. The van der Waals surface area contributed by atoms with E-state index >= 15 is 0 Å². The van der Waals surface area contributed by atoms with Crippen LogP contribution in [-0.2, 0) is 26.1 Å². The van der Waals surface area contributed by atoms with Crippen LogP contribution in [0.25, 0.3) is 0 Å². The molecule has 1 amide bonds. The highest BCUT2D eigenvalue weighted by Gasteiger charge is 2.22. The summed E-state index contributed by atoms with van der Waals surface area (Å²) in [5.41, 5.74) is 10.6. The van der Waals surface area contributed by atoms with Crippen LogP contribution in [0.3, 0.4) is 0 Å².